The van der Waals surface area contributed by atoms with Gasteiger partial charge in [0.2, 0.25) is 0 Å². The Kier molecular flexibility index (Phi) is 7.73. The Balaban J connectivity index is 0.000000231. The van der Waals surface area contributed by atoms with Crippen molar-refractivity contribution in [2.75, 3.05) is 32.8 Å². The van der Waals surface area contributed by atoms with Crippen LogP contribution in [-0.2, 0) is 4.74 Å². The van der Waals surface area contributed by atoms with Gasteiger partial charge in [-0.1, -0.05) is 11.6 Å². The molecule has 1 saturated heterocycles. The Morgan fingerprint density at radius 3 is 2.78 bits per heavy atom. The summed E-state index contributed by atoms with van der Waals surface area (Å²) in [6, 6.07) is 2.77. The van der Waals surface area contributed by atoms with E-state index in [4.69, 9.17) is 21.6 Å². The molecule has 0 atom stereocenters. The summed E-state index contributed by atoms with van der Waals surface area (Å²) in [6.07, 6.45) is 0.817. The standard InChI is InChI=1S/C7H14N2O2.C6H2ClN3O2/c1-2-11-7(10)9-5-3-8-4-6-9;7-6-4(2-8)1-5(3-9-6)10(11)12/h8H,2-6H2,1H3;1,3H. The molecular weight excluding hydrogens is 326 g/mol. The molecule has 1 aromatic heterocycles. The molecule has 23 heavy (non-hydrogen) atoms. The molecule has 10 heteroatoms. The Morgan fingerprint density at radius 1 is 1.61 bits per heavy atom. The van der Waals surface area contributed by atoms with Crippen LogP contribution >= 0.6 is 11.6 Å². The van der Waals surface area contributed by atoms with Crippen LogP contribution in [-0.4, -0.2) is 53.7 Å². The van der Waals surface area contributed by atoms with Gasteiger partial charge in [0.15, 0.2) is 0 Å². The molecular formula is C13H16ClN5O4. The quantitative estimate of drug-likeness (QED) is 0.492. The van der Waals surface area contributed by atoms with E-state index in [2.05, 4.69) is 10.3 Å². The van der Waals surface area contributed by atoms with Gasteiger partial charge in [0.1, 0.15) is 17.4 Å². The fraction of sp³-hybridized carbons (Fsp3) is 0.462. The highest BCUT2D eigenvalue weighted by atomic mass is 35.5. The number of carbonyl (C=O) groups excluding carboxylic acids is 1. The summed E-state index contributed by atoms with van der Waals surface area (Å²) in [4.78, 5) is 25.8. The van der Waals surface area contributed by atoms with E-state index >= 15 is 0 Å². The highest BCUT2D eigenvalue weighted by Gasteiger charge is 2.16. The lowest BCUT2D eigenvalue weighted by Crippen LogP contribution is -2.46. The maximum Gasteiger partial charge on any atom is 0.409 e. The molecule has 124 valence electrons. The molecule has 1 aliphatic rings. The lowest BCUT2D eigenvalue weighted by Gasteiger charge is -2.26. The number of carbonyl (C=O) groups is 1. The van der Waals surface area contributed by atoms with E-state index in [1.807, 2.05) is 6.92 Å². The molecule has 0 aliphatic carbocycles. The Labute approximate surface area is 138 Å². The average Bonchev–Trinajstić information content (AvgIpc) is 2.56. The van der Waals surface area contributed by atoms with Gasteiger partial charge in [0, 0.05) is 32.2 Å². The zero-order valence-electron chi connectivity index (χ0n) is 12.5. The summed E-state index contributed by atoms with van der Waals surface area (Å²) in [5.41, 5.74) is -0.234. The number of rotatable bonds is 2. The molecule has 0 saturated carbocycles. The number of ether oxygens (including phenoxy) is 1. The number of pyridine rings is 1. The van der Waals surface area contributed by atoms with Crippen molar-refractivity contribution in [2.45, 2.75) is 6.92 Å². The molecule has 0 spiro atoms. The molecule has 9 nitrogen and oxygen atoms in total. The van der Waals surface area contributed by atoms with Crippen LogP contribution in [0.3, 0.4) is 0 Å². The van der Waals surface area contributed by atoms with Crippen molar-refractivity contribution in [1.29, 1.82) is 5.26 Å². The number of nitrogens with one attached hydrogen (secondary N) is 1. The SMILES string of the molecule is CCOC(=O)N1CCNCC1.N#Cc1cc([N+](=O)[O-])cnc1Cl. The van der Waals surface area contributed by atoms with E-state index in [1.54, 1.807) is 11.0 Å². The Morgan fingerprint density at radius 2 is 2.26 bits per heavy atom. The second-order valence-electron chi connectivity index (χ2n) is 4.34. The number of piperazine rings is 1. The summed E-state index contributed by atoms with van der Waals surface area (Å²) in [5.74, 6) is 0. The third kappa shape index (κ3) is 6.06. The average molecular weight is 342 g/mol. The Hall–Kier alpha value is -2.44. The van der Waals surface area contributed by atoms with Gasteiger partial charge in [0.25, 0.3) is 5.69 Å². The van der Waals surface area contributed by atoms with E-state index in [9.17, 15) is 14.9 Å². The number of amides is 1. The van der Waals surface area contributed by atoms with Crippen molar-refractivity contribution in [3.63, 3.8) is 0 Å². The maximum absolute atomic E-state index is 11.1. The van der Waals surface area contributed by atoms with Gasteiger partial charge >= 0.3 is 6.09 Å². The van der Waals surface area contributed by atoms with Crippen LogP contribution in [0.5, 0.6) is 0 Å². The summed E-state index contributed by atoms with van der Waals surface area (Å²) in [7, 11) is 0. The van der Waals surface area contributed by atoms with Crippen molar-refractivity contribution in [3.8, 4) is 6.07 Å². The van der Waals surface area contributed by atoms with Gasteiger partial charge in [-0.15, -0.1) is 0 Å². The summed E-state index contributed by atoms with van der Waals surface area (Å²) < 4.78 is 4.84. The second kappa shape index (κ2) is 9.55. The molecule has 1 amide bonds. The monoisotopic (exact) mass is 341 g/mol. The van der Waals surface area contributed by atoms with Gasteiger partial charge < -0.3 is 15.0 Å². The normalized spacial score (nSPS) is 13.3. The molecule has 2 heterocycles. The maximum atomic E-state index is 11.1. The number of halogens is 1. The number of nitriles is 1. The van der Waals surface area contributed by atoms with Gasteiger partial charge in [-0.3, -0.25) is 10.1 Å². The Bertz CT molecular complexity index is 599. The fourth-order valence-electron chi connectivity index (χ4n) is 1.68. The van der Waals surface area contributed by atoms with E-state index in [-0.39, 0.29) is 22.5 Å². The zero-order chi connectivity index (χ0) is 17.2. The molecule has 1 fully saturated rings. The van der Waals surface area contributed by atoms with Crippen LogP contribution in [0, 0.1) is 21.4 Å². The van der Waals surface area contributed by atoms with Crippen LogP contribution in [0.2, 0.25) is 5.15 Å². The number of hydrogen-bond acceptors (Lipinski definition) is 7. The lowest BCUT2D eigenvalue weighted by molar-refractivity contribution is -0.385. The number of nitrogens with zero attached hydrogens (tertiary/aromatic N) is 4. The van der Waals surface area contributed by atoms with E-state index < -0.39 is 4.92 Å². The van der Waals surface area contributed by atoms with Crippen molar-refractivity contribution in [1.82, 2.24) is 15.2 Å². The van der Waals surface area contributed by atoms with Crippen LogP contribution in [0.1, 0.15) is 12.5 Å². The molecule has 0 aromatic carbocycles. The minimum Gasteiger partial charge on any atom is -0.450 e. The first-order valence-corrected chi connectivity index (χ1v) is 7.19. The van der Waals surface area contributed by atoms with Crippen molar-refractivity contribution < 1.29 is 14.5 Å². The third-order valence-corrected chi connectivity index (χ3v) is 3.10. The van der Waals surface area contributed by atoms with Crippen molar-refractivity contribution in [3.05, 3.63) is 33.1 Å². The molecule has 0 radical (unpaired) electrons. The number of aromatic nitrogens is 1. The predicted octanol–water partition coefficient (Wildman–Crippen LogP) is 1.56. The van der Waals surface area contributed by atoms with Crippen LogP contribution < -0.4 is 5.32 Å². The highest BCUT2D eigenvalue weighted by molar-refractivity contribution is 6.30. The van der Waals surface area contributed by atoms with Crippen LogP contribution in [0.25, 0.3) is 0 Å². The molecule has 1 aromatic rings. The van der Waals surface area contributed by atoms with Gasteiger partial charge in [-0.05, 0) is 6.92 Å². The van der Waals surface area contributed by atoms with Gasteiger partial charge in [0.05, 0.1) is 17.1 Å². The second-order valence-corrected chi connectivity index (χ2v) is 4.69. The summed E-state index contributed by atoms with van der Waals surface area (Å²) in [6.45, 7) is 5.55. The predicted molar refractivity (Wildman–Crippen MR) is 82.1 cm³/mol. The minimum atomic E-state index is -0.635. The van der Waals surface area contributed by atoms with Crippen molar-refractivity contribution >= 4 is 23.4 Å². The number of hydrogen-bond donors (Lipinski definition) is 1. The molecule has 1 aliphatic heterocycles. The zero-order valence-corrected chi connectivity index (χ0v) is 13.2. The summed E-state index contributed by atoms with van der Waals surface area (Å²) in [5, 5.41) is 21.8. The first-order valence-electron chi connectivity index (χ1n) is 6.82. The topological polar surface area (TPSA) is 121 Å². The minimum absolute atomic E-state index is 0.00543. The molecule has 0 unspecified atom stereocenters. The summed E-state index contributed by atoms with van der Waals surface area (Å²) >= 11 is 5.44. The highest BCUT2D eigenvalue weighted by Crippen LogP contribution is 2.17. The van der Waals surface area contributed by atoms with E-state index in [0.29, 0.717) is 6.61 Å². The van der Waals surface area contributed by atoms with E-state index in [0.717, 1.165) is 38.4 Å². The van der Waals surface area contributed by atoms with Gasteiger partial charge in [-0.2, -0.15) is 5.26 Å². The van der Waals surface area contributed by atoms with E-state index in [1.165, 1.54) is 0 Å². The van der Waals surface area contributed by atoms with Crippen molar-refractivity contribution in [2.24, 2.45) is 0 Å². The molecule has 1 N–H and O–H groups in total. The fourth-order valence-corrected chi connectivity index (χ4v) is 1.82. The van der Waals surface area contributed by atoms with Crippen LogP contribution in [0.15, 0.2) is 12.3 Å². The molecule has 0 bridgehead atoms. The molecule has 2 rings (SSSR count). The third-order valence-electron chi connectivity index (χ3n) is 2.80. The van der Waals surface area contributed by atoms with Gasteiger partial charge in [-0.25, -0.2) is 9.78 Å². The largest absolute Gasteiger partial charge is 0.450 e. The number of nitro groups is 1. The first-order chi connectivity index (χ1) is 11.0. The van der Waals surface area contributed by atoms with Crippen LogP contribution in [0.4, 0.5) is 10.5 Å². The smallest absolute Gasteiger partial charge is 0.409 e. The lowest BCUT2D eigenvalue weighted by atomic mass is 10.3. The first kappa shape index (κ1) is 18.6.